The summed E-state index contributed by atoms with van der Waals surface area (Å²) in [4.78, 5) is 0. The van der Waals surface area contributed by atoms with Crippen LogP contribution in [0.4, 0.5) is 0 Å². The Kier molecular flexibility index (Phi) is 3.46. The van der Waals surface area contributed by atoms with Crippen LogP contribution in [0.2, 0.25) is 0 Å². The predicted molar refractivity (Wildman–Crippen MR) is 52.8 cm³/mol. The lowest BCUT2D eigenvalue weighted by Crippen LogP contribution is -2.14. The molecule has 0 saturated heterocycles. The summed E-state index contributed by atoms with van der Waals surface area (Å²) in [5.74, 6) is 0.0929. The van der Waals surface area contributed by atoms with Crippen molar-refractivity contribution in [2.24, 2.45) is 5.73 Å². The van der Waals surface area contributed by atoms with Crippen molar-refractivity contribution in [3.05, 3.63) is 35.4 Å². The molecule has 0 aliphatic heterocycles. The fourth-order valence-electron chi connectivity index (χ4n) is 1.12. The van der Waals surface area contributed by atoms with Crippen molar-refractivity contribution < 1.29 is 4.74 Å². The third-order valence-corrected chi connectivity index (χ3v) is 1.77. The lowest BCUT2D eigenvalue weighted by Gasteiger charge is -2.07. The van der Waals surface area contributed by atoms with Gasteiger partial charge in [-0.3, -0.25) is 5.41 Å². The summed E-state index contributed by atoms with van der Waals surface area (Å²) < 4.78 is 5.26. The summed E-state index contributed by atoms with van der Waals surface area (Å²) in [6.45, 7) is 3.13. The summed E-state index contributed by atoms with van der Waals surface area (Å²) in [5.41, 5.74) is 7.14. The molecule has 13 heavy (non-hydrogen) atoms. The second kappa shape index (κ2) is 4.62. The van der Waals surface area contributed by atoms with Crippen molar-refractivity contribution in [2.45, 2.75) is 13.5 Å². The van der Waals surface area contributed by atoms with Crippen LogP contribution in [0, 0.1) is 5.41 Å². The van der Waals surface area contributed by atoms with E-state index in [0.717, 1.165) is 11.1 Å². The highest BCUT2D eigenvalue weighted by Gasteiger charge is 2.02. The average molecular weight is 178 g/mol. The molecule has 0 amide bonds. The van der Waals surface area contributed by atoms with Crippen LogP contribution in [-0.4, -0.2) is 12.4 Å². The zero-order valence-electron chi connectivity index (χ0n) is 7.71. The van der Waals surface area contributed by atoms with E-state index in [1.165, 1.54) is 0 Å². The molecule has 0 aliphatic carbocycles. The van der Waals surface area contributed by atoms with Crippen LogP contribution in [0.25, 0.3) is 0 Å². The summed E-state index contributed by atoms with van der Waals surface area (Å²) >= 11 is 0. The number of nitrogens with two attached hydrogens (primary N) is 1. The van der Waals surface area contributed by atoms with Gasteiger partial charge in [0.15, 0.2) is 0 Å². The zero-order valence-corrected chi connectivity index (χ0v) is 7.71. The first-order valence-electron chi connectivity index (χ1n) is 4.25. The molecule has 0 radical (unpaired) electrons. The highest BCUT2D eigenvalue weighted by atomic mass is 16.5. The number of nitrogen functional groups attached to an aromatic ring is 1. The maximum absolute atomic E-state index is 7.33. The van der Waals surface area contributed by atoms with Gasteiger partial charge in [-0.2, -0.15) is 0 Å². The molecule has 0 aliphatic rings. The lowest BCUT2D eigenvalue weighted by molar-refractivity contribution is 0.134. The Bertz CT molecular complexity index is 297. The fraction of sp³-hybridized carbons (Fsp3) is 0.300. The maximum atomic E-state index is 7.33. The van der Waals surface area contributed by atoms with Crippen molar-refractivity contribution in [3.8, 4) is 0 Å². The first-order chi connectivity index (χ1) is 6.25. The Morgan fingerprint density at radius 3 is 2.77 bits per heavy atom. The number of ether oxygens (including phenoxy) is 1. The number of nitrogens with one attached hydrogen (secondary N) is 1. The van der Waals surface area contributed by atoms with Crippen molar-refractivity contribution in [3.63, 3.8) is 0 Å². The summed E-state index contributed by atoms with van der Waals surface area (Å²) in [5, 5.41) is 7.33. The fourth-order valence-corrected chi connectivity index (χ4v) is 1.12. The van der Waals surface area contributed by atoms with Gasteiger partial charge in [0.05, 0.1) is 6.61 Å². The van der Waals surface area contributed by atoms with Crippen LogP contribution in [0.15, 0.2) is 24.3 Å². The number of hydrogen-bond donors (Lipinski definition) is 2. The molecular weight excluding hydrogens is 164 g/mol. The van der Waals surface area contributed by atoms with Crippen LogP contribution >= 0.6 is 0 Å². The van der Waals surface area contributed by atoms with Crippen LogP contribution in [0.5, 0.6) is 0 Å². The van der Waals surface area contributed by atoms with Gasteiger partial charge in [-0.15, -0.1) is 0 Å². The van der Waals surface area contributed by atoms with E-state index in [1.807, 2.05) is 31.2 Å². The number of rotatable bonds is 4. The molecule has 1 rings (SSSR count). The zero-order chi connectivity index (χ0) is 9.68. The van der Waals surface area contributed by atoms with Crippen LogP contribution in [-0.2, 0) is 11.3 Å². The molecule has 0 aromatic heterocycles. The molecule has 1 aromatic carbocycles. The summed E-state index contributed by atoms with van der Waals surface area (Å²) in [7, 11) is 0. The van der Waals surface area contributed by atoms with E-state index >= 15 is 0 Å². The molecule has 70 valence electrons. The Labute approximate surface area is 78.0 Å². The number of amidine groups is 1. The van der Waals surface area contributed by atoms with Gasteiger partial charge in [-0.1, -0.05) is 24.3 Å². The summed E-state index contributed by atoms with van der Waals surface area (Å²) in [6.07, 6.45) is 0. The van der Waals surface area contributed by atoms with E-state index in [9.17, 15) is 0 Å². The monoisotopic (exact) mass is 178 g/mol. The van der Waals surface area contributed by atoms with Gasteiger partial charge in [-0.05, 0) is 12.5 Å². The standard InChI is InChI=1S/C10H14N2O/c1-2-13-7-8-5-3-4-6-9(8)10(11)12/h3-6H,2,7H2,1H3,(H3,11,12). The van der Waals surface area contributed by atoms with Crippen LogP contribution in [0.1, 0.15) is 18.1 Å². The van der Waals surface area contributed by atoms with Gasteiger partial charge in [0.25, 0.3) is 0 Å². The molecule has 1 aromatic rings. The van der Waals surface area contributed by atoms with Gasteiger partial charge in [-0.25, -0.2) is 0 Å². The Morgan fingerprint density at radius 1 is 1.46 bits per heavy atom. The molecule has 0 heterocycles. The topological polar surface area (TPSA) is 59.1 Å². The average Bonchev–Trinajstić information content (AvgIpc) is 2.15. The second-order valence-corrected chi connectivity index (χ2v) is 2.71. The highest BCUT2D eigenvalue weighted by molar-refractivity contribution is 5.96. The first-order valence-corrected chi connectivity index (χ1v) is 4.25. The second-order valence-electron chi connectivity index (χ2n) is 2.71. The normalized spacial score (nSPS) is 9.92. The van der Waals surface area contributed by atoms with Crippen molar-refractivity contribution in [2.75, 3.05) is 6.61 Å². The number of benzene rings is 1. The Morgan fingerprint density at radius 2 is 2.15 bits per heavy atom. The van der Waals surface area contributed by atoms with Crippen molar-refractivity contribution in [1.29, 1.82) is 5.41 Å². The molecule has 0 bridgehead atoms. The Hall–Kier alpha value is -1.35. The van der Waals surface area contributed by atoms with Gasteiger partial charge >= 0.3 is 0 Å². The minimum Gasteiger partial charge on any atom is -0.384 e. The van der Waals surface area contributed by atoms with E-state index in [0.29, 0.717) is 13.2 Å². The van der Waals surface area contributed by atoms with E-state index < -0.39 is 0 Å². The van der Waals surface area contributed by atoms with Crippen LogP contribution in [0.3, 0.4) is 0 Å². The molecule has 0 unspecified atom stereocenters. The van der Waals surface area contributed by atoms with Crippen molar-refractivity contribution in [1.82, 2.24) is 0 Å². The first kappa shape index (κ1) is 9.74. The molecule has 3 nitrogen and oxygen atoms in total. The lowest BCUT2D eigenvalue weighted by atomic mass is 10.1. The third-order valence-electron chi connectivity index (χ3n) is 1.77. The van der Waals surface area contributed by atoms with E-state index in [1.54, 1.807) is 0 Å². The maximum Gasteiger partial charge on any atom is 0.123 e. The number of hydrogen-bond acceptors (Lipinski definition) is 2. The van der Waals surface area contributed by atoms with Gasteiger partial charge < -0.3 is 10.5 Å². The Balaban J connectivity index is 2.84. The minimum atomic E-state index is 0.0929. The predicted octanol–water partition coefficient (Wildman–Crippen LogP) is 1.51. The molecule has 3 N–H and O–H groups in total. The van der Waals surface area contributed by atoms with Gasteiger partial charge in [0.2, 0.25) is 0 Å². The molecule has 0 saturated carbocycles. The molecule has 3 heteroatoms. The van der Waals surface area contributed by atoms with E-state index in [4.69, 9.17) is 15.9 Å². The molecular formula is C10H14N2O. The largest absolute Gasteiger partial charge is 0.384 e. The SMILES string of the molecule is CCOCc1ccccc1C(=N)N. The summed E-state index contributed by atoms with van der Waals surface area (Å²) in [6, 6.07) is 7.54. The van der Waals surface area contributed by atoms with Crippen LogP contribution < -0.4 is 5.73 Å². The molecule has 0 spiro atoms. The van der Waals surface area contributed by atoms with Crippen molar-refractivity contribution >= 4 is 5.84 Å². The molecule has 0 fully saturated rings. The van der Waals surface area contributed by atoms with Gasteiger partial charge in [0, 0.05) is 12.2 Å². The minimum absolute atomic E-state index is 0.0929. The third kappa shape index (κ3) is 2.56. The highest BCUT2D eigenvalue weighted by Crippen LogP contribution is 2.08. The van der Waals surface area contributed by atoms with Gasteiger partial charge in [0.1, 0.15) is 5.84 Å². The smallest absolute Gasteiger partial charge is 0.123 e. The molecule has 0 atom stereocenters. The van der Waals surface area contributed by atoms with E-state index in [-0.39, 0.29) is 5.84 Å². The van der Waals surface area contributed by atoms with E-state index in [2.05, 4.69) is 0 Å². The quantitative estimate of drug-likeness (QED) is 0.542.